The van der Waals surface area contributed by atoms with Crippen LogP contribution in [0.3, 0.4) is 0 Å². The largest absolute Gasteiger partial charge is 0.392 e. The van der Waals surface area contributed by atoms with E-state index < -0.39 is 0 Å². The van der Waals surface area contributed by atoms with Gasteiger partial charge in [0.1, 0.15) is 0 Å². The van der Waals surface area contributed by atoms with Gasteiger partial charge >= 0.3 is 0 Å². The van der Waals surface area contributed by atoms with Gasteiger partial charge in [-0.2, -0.15) is 12.6 Å². The van der Waals surface area contributed by atoms with Crippen LogP contribution in [-0.4, -0.2) is 7.05 Å². The lowest BCUT2D eigenvalue weighted by Crippen LogP contribution is -2.07. The molecule has 1 aromatic rings. The molecule has 0 aromatic heterocycles. The van der Waals surface area contributed by atoms with Gasteiger partial charge in [-0.3, -0.25) is 0 Å². The average molecular weight is 420 g/mol. The van der Waals surface area contributed by atoms with E-state index in [-0.39, 0.29) is 4.75 Å². The zero-order valence-corrected chi connectivity index (χ0v) is 22.0. The summed E-state index contributed by atoms with van der Waals surface area (Å²) in [5.74, 6) is 1.06. The van der Waals surface area contributed by atoms with Gasteiger partial charge in [0.15, 0.2) is 0 Å². The molecular weight excluding hydrogens is 370 g/mol. The number of hydrogen-bond acceptors (Lipinski definition) is 2. The Morgan fingerprint density at radius 1 is 1.14 bits per heavy atom. The number of allylic oxidation sites excluding steroid dienone is 2. The molecule has 0 radical (unpaired) electrons. The van der Waals surface area contributed by atoms with Crippen LogP contribution in [0.2, 0.25) is 0 Å². The van der Waals surface area contributed by atoms with Crippen LogP contribution in [0.15, 0.2) is 43.1 Å². The van der Waals surface area contributed by atoms with Crippen LogP contribution in [0.1, 0.15) is 90.8 Å². The van der Waals surface area contributed by atoms with E-state index in [0.29, 0.717) is 5.41 Å². The second-order valence-corrected chi connectivity index (χ2v) is 11.1. The van der Waals surface area contributed by atoms with E-state index in [0.717, 1.165) is 18.0 Å². The molecule has 0 aliphatic heterocycles. The standard InChI is InChI=1S/C11H16S.C7H14.C5H10.C4H9N/c1-8-5-6-10(7-9(8)2)11(3,4)12;1-5-6-7(2,3)4;1-5-3-2-4-5;1-4(2)5-3/h5-7,12H,1-4H3;5H,1,6H2,2-4H3;5H,2-4H2,1H3;5H,1H2,2-3H3. The molecule has 2 heteroatoms. The summed E-state index contributed by atoms with van der Waals surface area (Å²) in [5, 5.41) is 2.83. The van der Waals surface area contributed by atoms with Crippen molar-refractivity contribution in [3.8, 4) is 0 Å². The number of hydrogen-bond donors (Lipinski definition) is 2. The van der Waals surface area contributed by atoms with Crippen molar-refractivity contribution < 1.29 is 0 Å². The van der Waals surface area contributed by atoms with Gasteiger partial charge in [0, 0.05) is 11.8 Å². The molecule has 1 aliphatic carbocycles. The lowest BCUT2D eigenvalue weighted by atomic mass is 9.88. The quantitative estimate of drug-likeness (QED) is 0.369. The lowest BCUT2D eigenvalue weighted by molar-refractivity contribution is 0.346. The SMILES string of the molecule is C=C(C)NC.C=CCC(C)(C)C.CC1CCC1.Cc1ccc(C(C)(C)S)cc1C. The fourth-order valence-corrected chi connectivity index (χ4v) is 2.31. The Morgan fingerprint density at radius 2 is 1.59 bits per heavy atom. The molecule has 0 amide bonds. The monoisotopic (exact) mass is 419 g/mol. The van der Waals surface area contributed by atoms with Gasteiger partial charge in [0.2, 0.25) is 0 Å². The van der Waals surface area contributed by atoms with Crippen molar-refractivity contribution in [1.29, 1.82) is 0 Å². The van der Waals surface area contributed by atoms with Crippen molar-refractivity contribution in [1.82, 2.24) is 5.32 Å². The van der Waals surface area contributed by atoms with E-state index in [9.17, 15) is 0 Å². The molecule has 1 fully saturated rings. The molecule has 0 spiro atoms. The van der Waals surface area contributed by atoms with Crippen molar-refractivity contribution >= 4 is 12.6 Å². The number of benzene rings is 1. The molecule has 1 aromatic carbocycles. The van der Waals surface area contributed by atoms with E-state index in [2.05, 4.69) is 105 Å². The minimum Gasteiger partial charge on any atom is -0.392 e. The number of rotatable bonds is 3. The minimum absolute atomic E-state index is 0.0293. The van der Waals surface area contributed by atoms with Gasteiger partial charge in [-0.15, -0.1) is 6.58 Å². The first kappa shape index (κ1) is 30.0. The highest BCUT2D eigenvalue weighted by atomic mass is 32.1. The Balaban J connectivity index is 0. The molecule has 0 saturated heterocycles. The maximum absolute atomic E-state index is 4.53. The Kier molecular flexibility index (Phi) is 15.3. The summed E-state index contributed by atoms with van der Waals surface area (Å²) in [5.41, 5.74) is 5.41. The highest BCUT2D eigenvalue weighted by molar-refractivity contribution is 7.81. The molecule has 0 heterocycles. The first-order valence-electron chi connectivity index (χ1n) is 10.9. The van der Waals surface area contributed by atoms with Crippen LogP contribution in [0.5, 0.6) is 0 Å². The number of aryl methyl sites for hydroxylation is 2. The van der Waals surface area contributed by atoms with Gasteiger partial charge in [-0.05, 0) is 74.8 Å². The molecule has 1 nitrogen and oxygen atoms in total. The second kappa shape index (κ2) is 14.8. The van der Waals surface area contributed by atoms with Gasteiger partial charge < -0.3 is 5.32 Å². The van der Waals surface area contributed by atoms with Gasteiger partial charge in [-0.1, -0.05) is 77.8 Å². The van der Waals surface area contributed by atoms with E-state index in [1.54, 1.807) is 0 Å². The lowest BCUT2D eigenvalue weighted by Gasteiger charge is -2.18. The topological polar surface area (TPSA) is 12.0 Å². The molecule has 1 N–H and O–H groups in total. The molecular formula is C27H49NS. The smallest absolute Gasteiger partial charge is 0.0322 e. The fraction of sp³-hybridized carbons (Fsp3) is 0.630. The second-order valence-electron chi connectivity index (χ2n) is 9.98. The van der Waals surface area contributed by atoms with E-state index >= 15 is 0 Å². The highest BCUT2D eigenvalue weighted by Crippen LogP contribution is 2.28. The maximum Gasteiger partial charge on any atom is 0.0322 e. The molecule has 168 valence electrons. The maximum atomic E-state index is 4.53. The molecule has 0 atom stereocenters. The Morgan fingerprint density at radius 3 is 1.76 bits per heavy atom. The van der Waals surface area contributed by atoms with Gasteiger partial charge in [-0.25, -0.2) is 0 Å². The van der Waals surface area contributed by atoms with Crippen LogP contribution in [0.25, 0.3) is 0 Å². The zero-order valence-electron chi connectivity index (χ0n) is 21.1. The van der Waals surface area contributed by atoms with Crippen molar-refractivity contribution in [3.63, 3.8) is 0 Å². The Hall–Kier alpha value is -1.15. The van der Waals surface area contributed by atoms with Crippen molar-refractivity contribution in [3.05, 3.63) is 59.8 Å². The Bertz CT molecular complexity index is 584. The minimum atomic E-state index is -0.0293. The first-order chi connectivity index (χ1) is 13.1. The molecule has 1 saturated carbocycles. The summed E-state index contributed by atoms with van der Waals surface area (Å²) in [6.45, 7) is 26.5. The zero-order chi connectivity index (χ0) is 23.3. The number of nitrogens with one attached hydrogen (secondary N) is 1. The molecule has 0 unspecified atom stereocenters. The molecule has 0 bridgehead atoms. The third kappa shape index (κ3) is 18.6. The fourth-order valence-electron chi connectivity index (χ4n) is 2.17. The van der Waals surface area contributed by atoms with Crippen LogP contribution in [-0.2, 0) is 4.75 Å². The van der Waals surface area contributed by atoms with Crippen LogP contribution < -0.4 is 5.32 Å². The van der Waals surface area contributed by atoms with Crippen LogP contribution >= 0.6 is 12.6 Å². The summed E-state index contributed by atoms with van der Waals surface area (Å²) < 4.78 is -0.0293. The van der Waals surface area contributed by atoms with Crippen LogP contribution in [0, 0.1) is 25.2 Å². The summed E-state index contributed by atoms with van der Waals surface area (Å²) >= 11 is 4.53. The molecule has 1 aliphatic rings. The predicted octanol–water partition coefficient (Wildman–Crippen LogP) is 8.62. The summed E-state index contributed by atoms with van der Waals surface area (Å²) in [6, 6.07) is 6.51. The summed E-state index contributed by atoms with van der Waals surface area (Å²) in [6.07, 6.45) is 7.52. The van der Waals surface area contributed by atoms with Gasteiger partial charge in [0.05, 0.1) is 0 Å². The Labute approximate surface area is 188 Å². The molecule has 2 rings (SSSR count). The first-order valence-corrected chi connectivity index (χ1v) is 11.3. The van der Waals surface area contributed by atoms with E-state index in [4.69, 9.17) is 0 Å². The third-order valence-corrected chi connectivity index (χ3v) is 5.05. The summed E-state index contributed by atoms with van der Waals surface area (Å²) in [7, 11) is 1.85. The van der Waals surface area contributed by atoms with Crippen molar-refractivity contribution in [2.24, 2.45) is 11.3 Å². The number of thiol groups is 1. The van der Waals surface area contributed by atoms with Crippen LogP contribution in [0.4, 0.5) is 0 Å². The highest BCUT2D eigenvalue weighted by Gasteiger charge is 2.14. The average Bonchev–Trinajstić information content (AvgIpc) is 2.55. The molecule has 29 heavy (non-hydrogen) atoms. The summed E-state index contributed by atoms with van der Waals surface area (Å²) in [4.78, 5) is 0. The van der Waals surface area contributed by atoms with E-state index in [1.807, 2.05) is 20.0 Å². The third-order valence-electron chi connectivity index (χ3n) is 4.79. The van der Waals surface area contributed by atoms with Gasteiger partial charge in [0.25, 0.3) is 0 Å². The van der Waals surface area contributed by atoms with Crippen molar-refractivity contribution in [2.75, 3.05) is 7.05 Å². The normalized spacial score (nSPS) is 13.2. The predicted molar refractivity (Wildman–Crippen MR) is 139 cm³/mol. The van der Waals surface area contributed by atoms with E-state index in [1.165, 1.54) is 36.0 Å². The van der Waals surface area contributed by atoms with Crippen molar-refractivity contribution in [2.45, 2.75) is 92.7 Å².